The summed E-state index contributed by atoms with van der Waals surface area (Å²) in [5.74, 6) is -0.252. The first-order chi connectivity index (χ1) is 8.43. The van der Waals surface area contributed by atoms with Crippen LogP contribution in [0, 0.1) is 5.41 Å². The lowest BCUT2D eigenvalue weighted by molar-refractivity contribution is -0.143. The van der Waals surface area contributed by atoms with Gasteiger partial charge in [0.25, 0.3) is 0 Å². The van der Waals surface area contributed by atoms with Gasteiger partial charge in [0.1, 0.15) is 0 Å². The van der Waals surface area contributed by atoms with E-state index < -0.39 is 0 Å². The molecule has 1 rings (SSSR count). The molecule has 1 unspecified atom stereocenters. The van der Waals surface area contributed by atoms with E-state index >= 15 is 0 Å². The van der Waals surface area contributed by atoms with E-state index in [-0.39, 0.29) is 29.8 Å². The second-order valence-corrected chi connectivity index (χ2v) is 5.64. The van der Waals surface area contributed by atoms with E-state index in [1.807, 2.05) is 13.8 Å². The zero-order valence-electron chi connectivity index (χ0n) is 11.5. The van der Waals surface area contributed by atoms with Crippen molar-refractivity contribution in [2.75, 3.05) is 7.11 Å². The molecular formula is C14H23NO3. The molecule has 0 aromatic carbocycles. The first kappa shape index (κ1) is 14.7. The van der Waals surface area contributed by atoms with Crippen LogP contribution in [0.15, 0.2) is 12.2 Å². The van der Waals surface area contributed by atoms with Gasteiger partial charge in [-0.3, -0.25) is 9.59 Å². The molecule has 1 aliphatic rings. The predicted molar refractivity (Wildman–Crippen MR) is 70.0 cm³/mol. The highest BCUT2D eigenvalue weighted by atomic mass is 16.5. The lowest BCUT2D eigenvalue weighted by atomic mass is 9.85. The normalized spacial score (nSPS) is 19.4. The van der Waals surface area contributed by atoms with Gasteiger partial charge in [-0.2, -0.15) is 0 Å². The van der Waals surface area contributed by atoms with Crippen molar-refractivity contribution in [3.8, 4) is 0 Å². The van der Waals surface area contributed by atoms with Gasteiger partial charge < -0.3 is 10.1 Å². The van der Waals surface area contributed by atoms with Gasteiger partial charge in [0.05, 0.1) is 13.5 Å². The average Bonchev–Trinajstić information content (AvgIpc) is 2.28. The molecule has 1 atom stereocenters. The van der Waals surface area contributed by atoms with E-state index in [4.69, 9.17) is 0 Å². The molecule has 0 spiro atoms. The third-order valence-electron chi connectivity index (χ3n) is 3.12. The van der Waals surface area contributed by atoms with Gasteiger partial charge in [-0.25, -0.2) is 0 Å². The number of carbonyl (C=O) groups is 2. The van der Waals surface area contributed by atoms with Crippen molar-refractivity contribution >= 4 is 11.9 Å². The van der Waals surface area contributed by atoms with Crippen molar-refractivity contribution in [2.45, 2.75) is 52.0 Å². The zero-order valence-corrected chi connectivity index (χ0v) is 11.5. The average molecular weight is 253 g/mol. The molecule has 0 aliphatic heterocycles. The molecule has 0 heterocycles. The monoisotopic (exact) mass is 253 g/mol. The van der Waals surface area contributed by atoms with E-state index in [1.54, 1.807) is 0 Å². The van der Waals surface area contributed by atoms with Gasteiger partial charge in [0.2, 0.25) is 5.91 Å². The summed E-state index contributed by atoms with van der Waals surface area (Å²) in [6.07, 6.45) is 7.79. The van der Waals surface area contributed by atoms with Crippen molar-refractivity contribution in [1.29, 1.82) is 0 Å². The molecule has 1 N–H and O–H groups in total. The molecule has 0 saturated carbocycles. The second-order valence-electron chi connectivity index (χ2n) is 5.64. The Morgan fingerprint density at radius 1 is 1.33 bits per heavy atom. The topological polar surface area (TPSA) is 55.4 Å². The van der Waals surface area contributed by atoms with Crippen LogP contribution in [0.5, 0.6) is 0 Å². The smallest absolute Gasteiger partial charge is 0.306 e. The molecule has 0 saturated heterocycles. The fourth-order valence-corrected chi connectivity index (χ4v) is 2.16. The van der Waals surface area contributed by atoms with E-state index in [0.29, 0.717) is 6.42 Å². The molecule has 0 radical (unpaired) electrons. The van der Waals surface area contributed by atoms with Gasteiger partial charge in [-0.05, 0) is 24.7 Å². The Morgan fingerprint density at radius 3 is 2.61 bits per heavy atom. The summed E-state index contributed by atoms with van der Waals surface area (Å²) < 4.78 is 4.64. The minimum Gasteiger partial charge on any atom is -0.469 e. The first-order valence-corrected chi connectivity index (χ1v) is 6.44. The van der Waals surface area contributed by atoms with Crippen molar-refractivity contribution in [2.24, 2.45) is 5.41 Å². The third-order valence-corrected chi connectivity index (χ3v) is 3.12. The molecule has 1 amide bonds. The molecule has 4 heteroatoms. The molecule has 0 fully saturated rings. The highest BCUT2D eigenvalue weighted by Crippen LogP contribution is 2.25. The Bertz CT molecular complexity index is 334. The molecular weight excluding hydrogens is 230 g/mol. The predicted octanol–water partition coefficient (Wildman–Crippen LogP) is 2.19. The Labute approximate surface area is 109 Å². The SMILES string of the molecule is COC(=O)CC(C)(C)CC(=O)NC1CC=CCC1. The van der Waals surface area contributed by atoms with Crippen LogP contribution in [0.4, 0.5) is 0 Å². The Balaban J connectivity index is 2.38. The molecule has 102 valence electrons. The van der Waals surface area contributed by atoms with Crippen molar-refractivity contribution < 1.29 is 14.3 Å². The van der Waals surface area contributed by atoms with Gasteiger partial charge >= 0.3 is 5.97 Å². The van der Waals surface area contributed by atoms with Crippen LogP contribution < -0.4 is 5.32 Å². The lowest BCUT2D eigenvalue weighted by Gasteiger charge is -2.25. The maximum absolute atomic E-state index is 11.9. The van der Waals surface area contributed by atoms with Crippen LogP contribution in [0.2, 0.25) is 0 Å². The molecule has 0 aromatic rings. The minimum absolute atomic E-state index is 0.0178. The molecule has 0 aromatic heterocycles. The van der Waals surface area contributed by atoms with Crippen molar-refractivity contribution in [3.05, 3.63) is 12.2 Å². The fraction of sp³-hybridized carbons (Fsp3) is 0.714. The fourth-order valence-electron chi connectivity index (χ4n) is 2.16. The van der Waals surface area contributed by atoms with Crippen LogP contribution in [0.25, 0.3) is 0 Å². The number of nitrogens with one attached hydrogen (secondary N) is 1. The van der Waals surface area contributed by atoms with E-state index in [2.05, 4.69) is 22.2 Å². The molecule has 1 aliphatic carbocycles. The van der Waals surface area contributed by atoms with Gasteiger partial charge in [-0.1, -0.05) is 26.0 Å². The highest BCUT2D eigenvalue weighted by molar-refractivity contribution is 5.78. The molecule has 4 nitrogen and oxygen atoms in total. The maximum Gasteiger partial charge on any atom is 0.306 e. The number of carbonyl (C=O) groups excluding carboxylic acids is 2. The molecule has 18 heavy (non-hydrogen) atoms. The van der Waals surface area contributed by atoms with Crippen LogP contribution in [0.1, 0.15) is 46.0 Å². The number of methoxy groups -OCH3 is 1. The van der Waals surface area contributed by atoms with Gasteiger partial charge in [0, 0.05) is 12.5 Å². The number of allylic oxidation sites excluding steroid dienone is 1. The maximum atomic E-state index is 11.9. The second kappa shape index (κ2) is 6.57. The van der Waals surface area contributed by atoms with E-state index in [9.17, 15) is 9.59 Å². The summed E-state index contributed by atoms with van der Waals surface area (Å²) in [5.41, 5.74) is -0.359. The highest BCUT2D eigenvalue weighted by Gasteiger charge is 2.26. The Kier molecular flexibility index (Phi) is 5.38. The minimum atomic E-state index is -0.359. The Hall–Kier alpha value is -1.32. The van der Waals surface area contributed by atoms with Gasteiger partial charge in [-0.15, -0.1) is 0 Å². The summed E-state index contributed by atoms with van der Waals surface area (Å²) in [6, 6.07) is 0.247. The summed E-state index contributed by atoms with van der Waals surface area (Å²) in [4.78, 5) is 23.1. The zero-order chi connectivity index (χ0) is 13.6. The van der Waals surface area contributed by atoms with E-state index in [1.165, 1.54) is 7.11 Å². The van der Waals surface area contributed by atoms with Crippen molar-refractivity contribution in [1.82, 2.24) is 5.32 Å². The van der Waals surface area contributed by atoms with Crippen LogP contribution in [-0.4, -0.2) is 25.0 Å². The number of hydrogen-bond acceptors (Lipinski definition) is 3. The standard InChI is InChI=1S/C14H23NO3/c1-14(2,10-13(17)18-3)9-12(16)15-11-7-5-4-6-8-11/h4-5,11H,6-10H2,1-3H3,(H,15,16). The van der Waals surface area contributed by atoms with E-state index in [0.717, 1.165) is 19.3 Å². The number of amides is 1. The third kappa shape index (κ3) is 5.34. The largest absolute Gasteiger partial charge is 0.469 e. The first-order valence-electron chi connectivity index (χ1n) is 6.44. The number of esters is 1. The summed E-state index contributed by atoms with van der Waals surface area (Å²) in [7, 11) is 1.37. The quantitative estimate of drug-likeness (QED) is 0.603. The number of hydrogen-bond donors (Lipinski definition) is 1. The Morgan fingerprint density at radius 2 is 2.06 bits per heavy atom. The number of ether oxygens (including phenoxy) is 1. The van der Waals surface area contributed by atoms with Crippen LogP contribution in [-0.2, 0) is 14.3 Å². The molecule has 0 bridgehead atoms. The summed E-state index contributed by atoms with van der Waals surface area (Å²) in [5, 5.41) is 3.02. The number of rotatable bonds is 5. The summed E-state index contributed by atoms with van der Waals surface area (Å²) >= 11 is 0. The van der Waals surface area contributed by atoms with Crippen molar-refractivity contribution in [3.63, 3.8) is 0 Å². The van der Waals surface area contributed by atoms with Crippen LogP contribution in [0.3, 0.4) is 0 Å². The van der Waals surface area contributed by atoms with Crippen LogP contribution >= 0.6 is 0 Å². The summed E-state index contributed by atoms with van der Waals surface area (Å²) in [6.45, 7) is 3.81. The lowest BCUT2D eigenvalue weighted by Crippen LogP contribution is -2.38. The van der Waals surface area contributed by atoms with Gasteiger partial charge in [0.15, 0.2) is 0 Å².